The predicted octanol–water partition coefficient (Wildman–Crippen LogP) is 6.42. The van der Waals surface area contributed by atoms with Crippen LogP contribution in [-0.4, -0.2) is 24.5 Å². The number of ether oxygens (including phenoxy) is 2. The van der Waals surface area contributed by atoms with Gasteiger partial charge in [0.25, 0.3) is 5.91 Å². The zero-order valence-electron chi connectivity index (χ0n) is 21.5. The topological polar surface area (TPSA) is 69.0 Å². The summed E-state index contributed by atoms with van der Waals surface area (Å²) in [7, 11) is 1.62. The van der Waals surface area contributed by atoms with Gasteiger partial charge >= 0.3 is 0 Å². The van der Waals surface area contributed by atoms with Crippen molar-refractivity contribution >= 4 is 16.9 Å². The van der Waals surface area contributed by atoms with Crippen LogP contribution in [-0.2, 0) is 6.54 Å². The Morgan fingerprint density at radius 3 is 2.51 bits per heavy atom. The van der Waals surface area contributed by atoms with Crippen molar-refractivity contribution in [2.45, 2.75) is 45.7 Å². The van der Waals surface area contributed by atoms with Gasteiger partial charge in [-0.2, -0.15) is 0 Å². The molecule has 1 amide bonds. The van der Waals surface area contributed by atoms with Gasteiger partial charge in [0.05, 0.1) is 30.7 Å². The summed E-state index contributed by atoms with van der Waals surface area (Å²) in [6.45, 7) is 5.03. The maximum Gasteiger partial charge on any atom is 0.291 e. The number of nitrogens with zero attached hydrogens (tertiary/aromatic N) is 1. The molecule has 0 N–H and O–H groups in total. The van der Waals surface area contributed by atoms with Crippen molar-refractivity contribution in [3.05, 3.63) is 105 Å². The fourth-order valence-corrected chi connectivity index (χ4v) is 4.89. The smallest absolute Gasteiger partial charge is 0.291 e. The van der Waals surface area contributed by atoms with E-state index in [-0.39, 0.29) is 17.1 Å². The van der Waals surface area contributed by atoms with Gasteiger partial charge in [-0.05, 0) is 60.9 Å². The Kier molecular flexibility index (Phi) is 6.99. The highest BCUT2D eigenvalue weighted by Crippen LogP contribution is 2.40. The van der Waals surface area contributed by atoms with Crippen LogP contribution in [0.15, 0.2) is 75.9 Å². The molecule has 6 nitrogen and oxygen atoms in total. The summed E-state index contributed by atoms with van der Waals surface area (Å²) in [6.07, 6.45) is 3.20. The normalized spacial score (nSPS) is 14.7. The van der Waals surface area contributed by atoms with Crippen LogP contribution in [0, 0.1) is 6.92 Å². The van der Waals surface area contributed by atoms with Gasteiger partial charge in [-0.3, -0.25) is 9.59 Å². The SMILES string of the molecule is CCCCCOc1cccc(C2c3c(oc4ccc(C)cc4c3=O)C(=O)N2Cc2ccc(OC)cc2)c1. The highest BCUT2D eigenvalue weighted by molar-refractivity contribution is 5.99. The Labute approximate surface area is 216 Å². The number of amides is 1. The Balaban J connectivity index is 1.60. The van der Waals surface area contributed by atoms with Gasteiger partial charge in [0.2, 0.25) is 5.76 Å². The fraction of sp³-hybridized carbons (Fsp3) is 0.290. The van der Waals surface area contributed by atoms with E-state index in [1.807, 2.05) is 67.6 Å². The van der Waals surface area contributed by atoms with Crippen molar-refractivity contribution in [1.82, 2.24) is 4.90 Å². The fourth-order valence-electron chi connectivity index (χ4n) is 4.89. The van der Waals surface area contributed by atoms with E-state index in [4.69, 9.17) is 13.9 Å². The zero-order valence-corrected chi connectivity index (χ0v) is 21.5. The molecule has 1 aliphatic heterocycles. The Morgan fingerprint density at radius 1 is 0.946 bits per heavy atom. The highest BCUT2D eigenvalue weighted by atomic mass is 16.5. The van der Waals surface area contributed by atoms with Gasteiger partial charge in [0.15, 0.2) is 5.43 Å². The van der Waals surface area contributed by atoms with Crippen LogP contribution in [0.1, 0.15) is 65.0 Å². The summed E-state index contributed by atoms with van der Waals surface area (Å²) in [4.78, 5) is 29.3. The zero-order chi connectivity index (χ0) is 25.9. The van der Waals surface area contributed by atoms with Crippen LogP contribution in [0.25, 0.3) is 11.0 Å². The molecule has 1 atom stereocenters. The molecule has 1 aromatic heterocycles. The van der Waals surface area contributed by atoms with Crippen molar-refractivity contribution in [2.75, 3.05) is 13.7 Å². The molecule has 0 fully saturated rings. The molecule has 0 saturated carbocycles. The standard InChI is InChI=1S/C31H31NO5/c1-4-5-6-16-36-24-9-7-8-22(18-24)28-27-29(33)25-17-20(2)10-15-26(25)37-30(27)31(34)32(28)19-21-11-13-23(35-3)14-12-21/h7-15,17-18,28H,4-6,16,19H2,1-3H3. The van der Waals surface area contributed by atoms with Crippen molar-refractivity contribution in [1.29, 1.82) is 0 Å². The van der Waals surface area contributed by atoms with Crippen LogP contribution in [0.2, 0.25) is 0 Å². The number of rotatable bonds is 9. The summed E-state index contributed by atoms with van der Waals surface area (Å²) in [5.41, 5.74) is 3.31. The van der Waals surface area contributed by atoms with Gasteiger partial charge in [-0.15, -0.1) is 0 Å². The first-order valence-corrected chi connectivity index (χ1v) is 12.7. The van der Waals surface area contributed by atoms with Gasteiger partial charge in [0.1, 0.15) is 17.1 Å². The lowest BCUT2D eigenvalue weighted by Crippen LogP contribution is -2.29. The molecule has 2 heterocycles. The van der Waals surface area contributed by atoms with E-state index in [1.54, 1.807) is 18.1 Å². The lowest BCUT2D eigenvalue weighted by Gasteiger charge is -2.25. The second kappa shape index (κ2) is 10.5. The summed E-state index contributed by atoms with van der Waals surface area (Å²) in [5, 5.41) is 0.481. The summed E-state index contributed by atoms with van der Waals surface area (Å²) in [6, 6.07) is 20.1. The Bertz CT molecular complexity index is 1490. The third-order valence-corrected chi connectivity index (χ3v) is 6.82. The second-order valence-electron chi connectivity index (χ2n) is 9.49. The molecule has 37 heavy (non-hydrogen) atoms. The first kappa shape index (κ1) is 24.6. The number of methoxy groups -OCH3 is 1. The molecule has 4 aromatic rings. The van der Waals surface area contributed by atoms with Crippen molar-refractivity contribution in [2.24, 2.45) is 0 Å². The molecule has 0 spiro atoms. The van der Waals surface area contributed by atoms with E-state index in [0.29, 0.717) is 29.7 Å². The van der Waals surface area contributed by atoms with E-state index >= 15 is 0 Å². The number of hydrogen-bond donors (Lipinski definition) is 0. The van der Waals surface area contributed by atoms with Gasteiger partial charge < -0.3 is 18.8 Å². The van der Waals surface area contributed by atoms with Gasteiger partial charge in [0, 0.05) is 6.54 Å². The molecule has 5 rings (SSSR count). The number of aryl methyl sites for hydroxylation is 1. The number of carbonyl (C=O) groups is 1. The monoisotopic (exact) mass is 497 g/mol. The minimum Gasteiger partial charge on any atom is -0.497 e. The van der Waals surface area contributed by atoms with Crippen LogP contribution in [0.5, 0.6) is 11.5 Å². The van der Waals surface area contributed by atoms with Crippen LogP contribution in [0.3, 0.4) is 0 Å². The summed E-state index contributed by atoms with van der Waals surface area (Å²) >= 11 is 0. The minimum atomic E-state index is -0.593. The van der Waals surface area contributed by atoms with Gasteiger partial charge in [-0.1, -0.05) is 55.7 Å². The molecule has 0 aliphatic carbocycles. The number of unbranched alkanes of at least 4 members (excludes halogenated alkanes) is 2. The maximum atomic E-state index is 13.8. The predicted molar refractivity (Wildman–Crippen MR) is 143 cm³/mol. The Hall–Kier alpha value is -4.06. The first-order chi connectivity index (χ1) is 18.0. The highest BCUT2D eigenvalue weighted by Gasteiger charge is 2.42. The van der Waals surface area contributed by atoms with Crippen LogP contribution < -0.4 is 14.9 Å². The van der Waals surface area contributed by atoms with E-state index in [0.717, 1.165) is 47.5 Å². The average Bonchev–Trinajstić information content (AvgIpc) is 3.19. The molecule has 0 radical (unpaired) electrons. The third-order valence-electron chi connectivity index (χ3n) is 6.82. The first-order valence-electron chi connectivity index (χ1n) is 12.7. The lowest BCUT2D eigenvalue weighted by molar-refractivity contribution is 0.0714. The third kappa shape index (κ3) is 4.84. The molecule has 0 saturated heterocycles. The molecule has 1 unspecified atom stereocenters. The molecule has 190 valence electrons. The molecule has 0 bridgehead atoms. The maximum absolute atomic E-state index is 13.8. The minimum absolute atomic E-state index is 0.106. The molecular weight excluding hydrogens is 466 g/mol. The van der Waals surface area contributed by atoms with Crippen molar-refractivity contribution in [3.8, 4) is 11.5 Å². The van der Waals surface area contributed by atoms with Crippen molar-refractivity contribution in [3.63, 3.8) is 0 Å². The molecule has 6 heteroatoms. The van der Waals surface area contributed by atoms with E-state index < -0.39 is 6.04 Å². The quantitative estimate of drug-likeness (QED) is 0.250. The lowest BCUT2D eigenvalue weighted by atomic mass is 9.97. The molecular formula is C31H31NO5. The molecule has 3 aromatic carbocycles. The summed E-state index contributed by atoms with van der Waals surface area (Å²) < 4.78 is 17.4. The largest absolute Gasteiger partial charge is 0.497 e. The van der Waals surface area contributed by atoms with Gasteiger partial charge in [-0.25, -0.2) is 0 Å². The Morgan fingerprint density at radius 2 is 1.76 bits per heavy atom. The van der Waals surface area contributed by atoms with Crippen LogP contribution in [0.4, 0.5) is 0 Å². The van der Waals surface area contributed by atoms with Crippen molar-refractivity contribution < 1.29 is 18.7 Å². The average molecular weight is 498 g/mol. The van der Waals surface area contributed by atoms with Crippen LogP contribution >= 0.6 is 0 Å². The number of carbonyl (C=O) groups excluding carboxylic acids is 1. The summed E-state index contributed by atoms with van der Waals surface area (Å²) in [5.74, 6) is 1.27. The van der Waals surface area contributed by atoms with E-state index in [9.17, 15) is 9.59 Å². The number of hydrogen-bond acceptors (Lipinski definition) is 5. The number of fused-ring (bicyclic) bond motifs is 2. The second-order valence-corrected chi connectivity index (χ2v) is 9.49. The van der Waals surface area contributed by atoms with E-state index in [2.05, 4.69) is 6.92 Å². The molecule has 1 aliphatic rings. The number of benzene rings is 3. The van der Waals surface area contributed by atoms with E-state index in [1.165, 1.54) is 0 Å².